The molecule has 0 spiro atoms. The Morgan fingerprint density at radius 1 is 1.35 bits per heavy atom. The lowest BCUT2D eigenvalue weighted by atomic mass is 10.1. The van der Waals surface area contributed by atoms with Crippen molar-refractivity contribution >= 4 is 17.5 Å². The highest BCUT2D eigenvalue weighted by Crippen LogP contribution is 2.17. The molecule has 126 valence electrons. The Morgan fingerprint density at radius 3 is 2.65 bits per heavy atom. The molecule has 1 aromatic rings. The van der Waals surface area contributed by atoms with E-state index in [4.69, 9.17) is 5.73 Å². The molecule has 1 fully saturated rings. The summed E-state index contributed by atoms with van der Waals surface area (Å²) >= 11 is 0. The second-order valence-corrected chi connectivity index (χ2v) is 5.77. The van der Waals surface area contributed by atoms with Crippen LogP contribution in [0.25, 0.3) is 0 Å². The van der Waals surface area contributed by atoms with Crippen molar-refractivity contribution in [2.45, 2.75) is 25.4 Å². The van der Waals surface area contributed by atoms with Gasteiger partial charge in [-0.3, -0.25) is 14.5 Å². The Hall–Kier alpha value is -1.99. The third-order valence-electron chi connectivity index (χ3n) is 3.86. The highest BCUT2D eigenvalue weighted by atomic mass is 19.1. The fourth-order valence-electron chi connectivity index (χ4n) is 2.69. The van der Waals surface area contributed by atoms with Crippen molar-refractivity contribution in [3.8, 4) is 0 Å². The third kappa shape index (κ3) is 5.30. The van der Waals surface area contributed by atoms with Crippen molar-refractivity contribution < 1.29 is 19.1 Å². The van der Waals surface area contributed by atoms with Crippen LogP contribution in [0.2, 0.25) is 0 Å². The maximum absolute atomic E-state index is 13.1. The van der Waals surface area contributed by atoms with Gasteiger partial charge in [-0.1, -0.05) is 0 Å². The minimum Gasteiger partial charge on any atom is -0.392 e. The SMILES string of the molecule is NC(=O)CCN(C(=O)CN1CCCC(O)C1)c1ccc(F)cc1. The smallest absolute Gasteiger partial charge is 0.241 e. The van der Waals surface area contributed by atoms with Gasteiger partial charge in [0, 0.05) is 25.2 Å². The maximum Gasteiger partial charge on any atom is 0.241 e. The lowest BCUT2D eigenvalue weighted by Gasteiger charge is -2.31. The number of likely N-dealkylation sites (tertiary alicyclic amines) is 1. The molecule has 0 radical (unpaired) electrons. The van der Waals surface area contributed by atoms with Crippen LogP contribution in [-0.2, 0) is 9.59 Å². The predicted molar refractivity (Wildman–Crippen MR) is 84.2 cm³/mol. The van der Waals surface area contributed by atoms with E-state index < -0.39 is 17.8 Å². The molecule has 1 aliphatic heterocycles. The van der Waals surface area contributed by atoms with Crippen LogP contribution in [0, 0.1) is 5.82 Å². The lowest BCUT2D eigenvalue weighted by Crippen LogP contribution is -2.46. The Labute approximate surface area is 134 Å². The van der Waals surface area contributed by atoms with E-state index in [2.05, 4.69) is 0 Å². The molecule has 0 aliphatic carbocycles. The first-order valence-electron chi connectivity index (χ1n) is 7.70. The monoisotopic (exact) mass is 323 g/mol. The van der Waals surface area contributed by atoms with E-state index in [1.54, 1.807) is 0 Å². The molecule has 1 atom stereocenters. The van der Waals surface area contributed by atoms with Crippen molar-refractivity contribution in [3.63, 3.8) is 0 Å². The first kappa shape index (κ1) is 17.4. The number of amides is 2. The van der Waals surface area contributed by atoms with Crippen LogP contribution in [-0.4, -0.2) is 54.1 Å². The molecular formula is C16H22FN3O3. The van der Waals surface area contributed by atoms with Crippen molar-refractivity contribution in [1.82, 2.24) is 4.90 Å². The first-order valence-corrected chi connectivity index (χ1v) is 7.70. The molecule has 1 aromatic carbocycles. The van der Waals surface area contributed by atoms with Crippen molar-refractivity contribution in [2.24, 2.45) is 5.73 Å². The molecule has 1 saturated heterocycles. The number of hydrogen-bond donors (Lipinski definition) is 2. The van der Waals surface area contributed by atoms with Gasteiger partial charge in [-0.25, -0.2) is 4.39 Å². The zero-order valence-corrected chi connectivity index (χ0v) is 12.9. The molecule has 3 N–H and O–H groups in total. The fraction of sp³-hybridized carbons (Fsp3) is 0.500. The van der Waals surface area contributed by atoms with Crippen molar-refractivity contribution in [1.29, 1.82) is 0 Å². The number of piperidine rings is 1. The Bertz CT molecular complexity index is 550. The van der Waals surface area contributed by atoms with Gasteiger partial charge >= 0.3 is 0 Å². The second-order valence-electron chi connectivity index (χ2n) is 5.77. The van der Waals surface area contributed by atoms with Gasteiger partial charge in [-0.05, 0) is 43.7 Å². The van der Waals surface area contributed by atoms with Gasteiger partial charge in [-0.15, -0.1) is 0 Å². The summed E-state index contributed by atoms with van der Waals surface area (Å²) in [6.45, 7) is 1.50. The number of hydrogen-bond acceptors (Lipinski definition) is 4. The molecule has 6 nitrogen and oxygen atoms in total. The molecule has 23 heavy (non-hydrogen) atoms. The lowest BCUT2D eigenvalue weighted by molar-refractivity contribution is -0.120. The average molecular weight is 323 g/mol. The van der Waals surface area contributed by atoms with Crippen LogP contribution >= 0.6 is 0 Å². The minimum absolute atomic E-state index is 0.0335. The van der Waals surface area contributed by atoms with Crippen LogP contribution in [0.3, 0.4) is 0 Å². The second kappa shape index (κ2) is 8.03. The van der Waals surface area contributed by atoms with Crippen LogP contribution in [0.5, 0.6) is 0 Å². The quantitative estimate of drug-likeness (QED) is 0.798. The molecule has 7 heteroatoms. The number of halogens is 1. The molecule has 0 saturated carbocycles. The minimum atomic E-state index is -0.502. The van der Waals surface area contributed by atoms with Crippen LogP contribution < -0.4 is 10.6 Å². The predicted octanol–water partition coefficient (Wildman–Crippen LogP) is 0.491. The third-order valence-corrected chi connectivity index (χ3v) is 3.86. The van der Waals surface area contributed by atoms with Crippen LogP contribution in [0.1, 0.15) is 19.3 Å². The van der Waals surface area contributed by atoms with Gasteiger partial charge in [-0.2, -0.15) is 0 Å². The molecule has 1 aliphatic rings. The van der Waals surface area contributed by atoms with E-state index in [0.29, 0.717) is 12.2 Å². The summed E-state index contributed by atoms with van der Waals surface area (Å²) in [6.07, 6.45) is 1.20. The molecule has 1 unspecified atom stereocenters. The molecule has 2 rings (SSSR count). The zero-order chi connectivity index (χ0) is 16.8. The number of β-amino-alcohol motifs (C(OH)–C–C–N with tert-alkyl or cyclic N) is 1. The van der Waals surface area contributed by atoms with E-state index in [1.165, 1.54) is 29.2 Å². The van der Waals surface area contributed by atoms with Crippen LogP contribution in [0.4, 0.5) is 10.1 Å². The van der Waals surface area contributed by atoms with Gasteiger partial charge < -0.3 is 15.7 Å². The number of aliphatic hydroxyl groups is 1. The Balaban J connectivity index is 2.07. The molecule has 2 amide bonds. The van der Waals surface area contributed by atoms with Gasteiger partial charge in [0.2, 0.25) is 11.8 Å². The van der Waals surface area contributed by atoms with E-state index in [9.17, 15) is 19.1 Å². The highest BCUT2D eigenvalue weighted by molar-refractivity contribution is 5.95. The number of carbonyl (C=O) groups is 2. The normalized spacial score (nSPS) is 18.6. The summed E-state index contributed by atoms with van der Waals surface area (Å²) in [6, 6.07) is 5.54. The topological polar surface area (TPSA) is 86.9 Å². The summed E-state index contributed by atoms with van der Waals surface area (Å²) in [5.41, 5.74) is 5.69. The number of benzene rings is 1. The van der Waals surface area contributed by atoms with Gasteiger partial charge in [0.05, 0.1) is 12.6 Å². The van der Waals surface area contributed by atoms with Gasteiger partial charge in [0.25, 0.3) is 0 Å². The highest BCUT2D eigenvalue weighted by Gasteiger charge is 2.23. The zero-order valence-electron chi connectivity index (χ0n) is 12.9. The number of carbonyl (C=O) groups excluding carboxylic acids is 2. The summed E-state index contributed by atoms with van der Waals surface area (Å²) in [7, 11) is 0. The number of nitrogens with zero attached hydrogens (tertiary/aromatic N) is 2. The number of nitrogens with two attached hydrogens (primary N) is 1. The first-order chi connectivity index (χ1) is 11.0. The van der Waals surface area contributed by atoms with E-state index in [-0.39, 0.29) is 25.4 Å². The molecule has 0 aromatic heterocycles. The Kier molecular flexibility index (Phi) is 6.06. The van der Waals surface area contributed by atoms with Crippen LogP contribution in [0.15, 0.2) is 24.3 Å². The summed E-state index contributed by atoms with van der Waals surface area (Å²) < 4.78 is 13.1. The summed E-state index contributed by atoms with van der Waals surface area (Å²) in [5, 5.41) is 9.69. The molecular weight excluding hydrogens is 301 g/mol. The van der Waals surface area contributed by atoms with E-state index in [1.807, 2.05) is 4.90 Å². The summed E-state index contributed by atoms with van der Waals surface area (Å²) in [5.74, 6) is -1.10. The average Bonchev–Trinajstić information content (AvgIpc) is 2.49. The number of aliphatic hydroxyl groups excluding tert-OH is 1. The standard InChI is InChI=1S/C16H22FN3O3/c17-12-3-5-13(6-4-12)20(9-7-15(18)22)16(23)11-19-8-1-2-14(21)10-19/h3-6,14,21H,1-2,7-11H2,(H2,18,22). The summed E-state index contributed by atoms with van der Waals surface area (Å²) in [4.78, 5) is 26.9. The molecule has 1 heterocycles. The van der Waals surface area contributed by atoms with E-state index >= 15 is 0 Å². The van der Waals surface area contributed by atoms with Crippen molar-refractivity contribution in [3.05, 3.63) is 30.1 Å². The fourth-order valence-corrected chi connectivity index (χ4v) is 2.69. The Morgan fingerprint density at radius 2 is 2.04 bits per heavy atom. The van der Waals surface area contributed by atoms with Gasteiger partial charge in [0.15, 0.2) is 0 Å². The largest absolute Gasteiger partial charge is 0.392 e. The van der Waals surface area contributed by atoms with Crippen molar-refractivity contribution in [2.75, 3.05) is 31.1 Å². The van der Waals surface area contributed by atoms with E-state index in [0.717, 1.165) is 19.4 Å². The maximum atomic E-state index is 13.1. The number of rotatable bonds is 6. The molecule has 0 bridgehead atoms. The van der Waals surface area contributed by atoms with Gasteiger partial charge in [0.1, 0.15) is 5.82 Å². The number of primary amides is 1. The number of anilines is 1.